The molecule has 0 saturated heterocycles. The Bertz CT molecular complexity index is 794. The number of aromatic nitrogens is 4. The Labute approximate surface area is 137 Å². The zero-order valence-electron chi connectivity index (χ0n) is 13.1. The largest absolute Gasteiger partial charge is 0.372 e. The van der Waals surface area contributed by atoms with Gasteiger partial charge in [0, 0.05) is 13.2 Å². The normalized spacial score (nSPS) is 12.7. The second kappa shape index (κ2) is 7.31. The molecular formula is C16H17F2N5O. The van der Waals surface area contributed by atoms with E-state index in [-0.39, 0.29) is 11.8 Å². The number of halogens is 2. The van der Waals surface area contributed by atoms with Crippen molar-refractivity contribution in [1.82, 2.24) is 19.8 Å². The lowest BCUT2D eigenvalue weighted by atomic mass is 10.1. The molecular weight excluding hydrogens is 316 g/mol. The number of hydrogen-bond donors (Lipinski definition) is 1. The van der Waals surface area contributed by atoms with Crippen LogP contribution in [-0.4, -0.2) is 33.0 Å². The average molecular weight is 333 g/mol. The minimum Gasteiger partial charge on any atom is -0.372 e. The third-order valence-corrected chi connectivity index (χ3v) is 3.49. The number of nitrogens with zero attached hydrogens (tertiary/aromatic N) is 4. The molecule has 0 bridgehead atoms. The highest BCUT2D eigenvalue weighted by Gasteiger charge is 2.17. The molecule has 3 aromatic rings. The maximum atomic E-state index is 12.9. The maximum absolute atomic E-state index is 12.9. The number of anilines is 1. The van der Waals surface area contributed by atoms with Crippen LogP contribution in [0.15, 0.2) is 42.5 Å². The van der Waals surface area contributed by atoms with Gasteiger partial charge in [-0.05, 0) is 24.6 Å². The van der Waals surface area contributed by atoms with E-state index >= 15 is 0 Å². The molecule has 0 spiro atoms. The third-order valence-electron chi connectivity index (χ3n) is 3.49. The van der Waals surface area contributed by atoms with Crippen molar-refractivity contribution in [3.8, 4) is 0 Å². The fourth-order valence-electron chi connectivity index (χ4n) is 2.37. The van der Waals surface area contributed by atoms with Crippen LogP contribution in [0.5, 0.6) is 0 Å². The van der Waals surface area contributed by atoms with Crippen LogP contribution in [0.3, 0.4) is 0 Å². The van der Waals surface area contributed by atoms with Gasteiger partial charge >= 0.3 is 0 Å². The molecule has 0 aliphatic heterocycles. The molecule has 2 heterocycles. The van der Waals surface area contributed by atoms with Gasteiger partial charge in [-0.15, -0.1) is 15.3 Å². The molecule has 0 aliphatic carbocycles. The summed E-state index contributed by atoms with van der Waals surface area (Å²) in [6.07, 6.45) is -2.90. The highest BCUT2D eigenvalue weighted by Crippen LogP contribution is 2.20. The molecule has 126 valence electrons. The second-order valence-electron chi connectivity index (χ2n) is 5.08. The lowest BCUT2D eigenvalue weighted by Crippen LogP contribution is -2.17. The summed E-state index contributed by atoms with van der Waals surface area (Å²) >= 11 is 0. The predicted molar refractivity (Wildman–Crippen MR) is 85.0 cm³/mol. The molecule has 0 amide bonds. The zero-order chi connectivity index (χ0) is 16.9. The summed E-state index contributed by atoms with van der Waals surface area (Å²) in [4.78, 5) is 0. The number of alkyl halides is 2. The monoisotopic (exact) mass is 333 g/mol. The SMILES string of the molecule is CCOC(CNc1ccc2nnc(C(F)F)n2n1)c1ccccc1. The van der Waals surface area contributed by atoms with Gasteiger partial charge in [-0.25, -0.2) is 8.78 Å². The molecule has 1 unspecified atom stereocenters. The van der Waals surface area contributed by atoms with Crippen LogP contribution in [0.2, 0.25) is 0 Å². The second-order valence-corrected chi connectivity index (χ2v) is 5.08. The molecule has 0 aliphatic rings. The topological polar surface area (TPSA) is 64.3 Å². The Morgan fingerprint density at radius 2 is 1.92 bits per heavy atom. The van der Waals surface area contributed by atoms with Gasteiger partial charge in [0.2, 0.25) is 5.82 Å². The van der Waals surface area contributed by atoms with Crippen LogP contribution in [0.1, 0.15) is 30.8 Å². The minimum atomic E-state index is -2.73. The first-order valence-corrected chi connectivity index (χ1v) is 7.60. The number of hydrogen-bond acceptors (Lipinski definition) is 5. The number of ether oxygens (including phenoxy) is 1. The highest BCUT2D eigenvalue weighted by molar-refractivity contribution is 5.44. The van der Waals surface area contributed by atoms with E-state index in [0.717, 1.165) is 10.1 Å². The van der Waals surface area contributed by atoms with E-state index in [9.17, 15) is 8.78 Å². The van der Waals surface area contributed by atoms with E-state index < -0.39 is 12.2 Å². The zero-order valence-corrected chi connectivity index (χ0v) is 13.1. The highest BCUT2D eigenvalue weighted by atomic mass is 19.3. The lowest BCUT2D eigenvalue weighted by molar-refractivity contribution is 0.0718. The van der Waals surface area contributed by atoms with E-state index in [1.165, 1.54) is 0 Å². The summed E-state index contributed by atoms with van der Waals surface area (Å²) in [5, 5.41) is 14.4. The van der Waals surface area contributed by atoms with Crippen molar-refractivity contribution in [2.24, 2.45) is 0 Å². The summed E-state index contributed by atoms with van der Waals surface area (Å²) in [6, 6.07) is 13.0. The van der Waals surface area contributed by atoms with Crippen molar-refractivity contribution in [3.05, 3.63) is 53.9 Å². The first-order chi connectivity index (χ1) is 11.7. The van der Waals surface area contributed by atoms with Gasteiger partial charge in [0.15, 0.2) is 5.65 Å². The van der Waals surface area contributed by atoms with E-state index in [1.807, 2.05) is 37.3 Å². The Kier molecular flexibility index (Phi) is 4.95. The first kappa shape index (κ1) is 16.3. The Hall–Kier alpha value is -2.61. The van der Waals surface area contributed by atoms with Crippen molar-refractivity contribution in [2.45, 2.75) is 19.5 Å². The van der Waals surface area contributed by atoms with Gasteiger partial charge < -0.3 is 10.1 Å². The molecule has 24 heavy (non-hydrogen) atoms. The Balaban J connectivity index is 1.77. The summed E-state index contributed by atoms with van der Waals surface area (Å²) in [6.45, 7) is 2.95. The van der Waals surface area contributed by atoms with Crippen molar-refractivity contribution < 1.29 is 13.5 Å². The van der Waals surface area contributed by atoms with E-state index in [4.69, 9.17) is 4.74 Å². The fraction of sp³-hybridized carbons (Fsp3) is 0.312. The summed E-state index contributed by atoms with van der Waals surface area (Å²) in [5.41, 5.74) is 1.31. The molecule has 2 aromatic heterocycles. The van der Waals surface area contributed by atoms with Gasteiger partial charge in [-0.3, -0.25) is 0 Å². The molecule has 8 heteroatoms. The van der Waals surface area contributed by atoms with E-state index in [2.05, 4.69) is 20.6 Å². The van der Waals surface area contributed by atoms with Crippen LogP contribution >= 0.6 is 0 Å². The van der Waals surface area contributed by atoms with Crippen LogP contribution in [0, 0.1) is 0 Å². The van der Waals surface area contributed by atoms with Crippen molar-refractivity contribution in [1.29, 1.82) is 0 Å². The quantitative estimate of drug-likeness (QED) is 0.719. The van der Waals surface area contributed by atoms with E-state index in [1.54, 1.807) is 12.1 Å². The molecule has 1 atom stereocenters. The standard InChI is InChI=1S/C16H17F2N5O/c1-2-24-12(11-6-4-3-5-7-11)10-19-13-8-9-14-20-21-16(15(17)18)23(14)22-13/h3-9,12,15H,2,10H2,1H3,(H,19,22). The minimum absolute atomic E-state index is 0.163. The van der Waals surface area contributed by atoms with Gasteiger partial charge in [0.1, 0.15) is 5.82 Å². The molecule has 0 saturated carbocycles. The number of benzene rings is 1. The van der Waals surface area contributed by atoms with E-state index in [0.29, 0.717) is 19.0 Å². The summed E-state index contributed by atoms with van der Waals surface area (Å²) in [7, 11) is 0. The predicted octanol–water partition coefficient (Wildman–Crippen LogP) is 3.25. The van der Waals surface area contributed by atoms with Crippen molar-refractivity contribution >= 4 is 11.5 Å². The number of fused-ring (bicyclic) bond motifs is 1. The van der Waals surface area contributed by atoms with Crippen LogP contribution in [0.4, 0.5) is 14.6 Å². The summed E-state index contributed by atoms with van der Waals surface area (Å²) in [5.74, 6) is -0.0251. The lowest BCUT2D eigenvalue weighted by Gasteiger charge is -2.18. The van der Waals surface area contributed by atoms with Gasteiger partial charge in [0.25, 0.3) is 6.43 Å². The Morgan fingerprint density at radius 1 is 1.12 bits per heavy atom. The molecule has 0 radical (unpaired) electrons. The van der Waals surface area contributed by atoms with Crippen LogP contribution in [-0.2, 0) is 4.74 Å². The van der Waals surface area contributed by atoms with Crippen LogP contribution in [0.25, 0.3) is 5.65 Å². The van der Waals surface area contributed by atoms with Gasteiger partial charge in [-0.2, -0.15) is 4.52 Å². The molecule has 0 fully saturated rings. The molecule has 1 aromatic carbocycles. The fourth-order valence-corrected chi connectivity index (χ4v) is 2.37. The summed E-state index contributed by atoms with van der Waals surface area (Å²) < 4.78 is 32.6. The first-order valence-electron chi connectivity index (χ1n) is 7.60. The van der Waals surface area contributed by atoms with Crippen molar-refractivity contribution in [2.75, 3.05) is 18.5 Å². The van der Waals surface area contributed by atoms with Crippen molar-refractivity contribution in [3.63, 3.8) is 0 Å². The number of rotatable bonds is 7. The Morgan fingerprint density at radius 3 is 2.62 bits per heavy atom. The third kappa shape index (κ3) is 3.48. The maximum Gasteiger partial charge on any atom is 0.299 e. The van der Waals surface area contributed by atoms with Crippen LogP contribution < -0.4 is 5.32 Å². The molecule has 3 rings (SSSR count). The molecule has 6 nitrogen and oxygen atoms in total. The smallest absolute Gasteiger partial charge is 0.299 e. The number of nitrogens with one attached hydrogen (secondary N) is 1. The van der Waals surface area contributed by atoms with Gasteiger partial charge in [0.05, 0.1) is 6.10 Å². The molecule has 1 N–H and O–H groups in total. The average Bonchev–Trinajstić information content (AvgIpc) is 3.03. The van der Waals surface area contributed by atoms with Gasteiger partial charge in [-0.1, -0.05) is 30.3 Å².